The van der Waals surface area contributed by atoms with Crippen molar-refractivity contribution in [2.45, 2.75) is 39.0 Å². The summed E-state index contributed by atoms with van der Waals surface area (Å²) in [7, 11) is 0. The second-order valence-electron chi connectivity index (χ2n) is 9.00. The monoisotopic (exact) mass is 534 g/mol. The molecule has 1 amide bonds. The van der Waals surface area contributed by atoms with Crippen LogP contribution in [0, 0.1) is 11.6 Å². The summed E-state index contributed by atoms with van der Waals surface area (Å²) < 4.78 is 35.0. The molecule has 0 saturated carbocycles. The molecule has 0 aliphatic carbocycles. The second kappa shape index (κ2) is 10.6. The molecule has 4 rings (SSSR count). The molecule has 1 aliphatic rings. The number of nitrogen functional groups attached to an aromatic ring is 1. The standard InChI is InChI=1S/C26H26Cl2F2N4O2/c1-13-11-34(12-14(2)33-13)26(35)16-4-5-18(21(30)8-16)17-9-22(25(31)32-10-17)36-15(3)23-19(27)6-7-20(29)24(23)28/h4-10,13-15,33H,11-12H2,1-3H3,(H2,31,32)/t13-,14+,15?. The molecule has 1 fully saturated rings. The van der Waals surface area contributed by atoms with E-state index in [1.165, 1.54) is 30.5 Å². The molecule has 36 heavy (non-hydrogen) atoms. The van der Waals surface area contributed by atoms with Crippen molar-refractivity contribution in [1.82, 2.24) is 15.2 Å². The quantitative estimate of drug-likeness (QED) is 0.399. The normalized spacial score (nSPS) is 18.7. The van der Waals surface area contributed by atoms with Crippen LogP contribution in [-0.4, -0.2) is 41.0 Å². The van der Waals surface area contributed by atoms with E-state index in [4.69, 9.17) is 33.7 Å². The SMILES string of the molecule is CC(Oc1cc(-c2ccc(C(=O)N3C[C@@H](C)N[C@@H](C)C3)cc2F)cnc1N)c1c(Cl)ccc(F)c1Cl. The Hall–Kier alpha value is -2.94. The fraction of sp³-hybridized carbons (Fsp3) is 0.308. The Morgan fingerprint density at radius 1 is 1.14 bits per heavy atom. The van der Waals surface area contributed by atoms with Crippen LogP contribution in [0.2, 0.25) is 10.0 Å². The molecule has 190 valence electrons. The summed E-state index contributed by atoms with van der Waals surface area (Å²) in [5.41, 5.74) is 7.12. The van der Waals surface area contributed by atoms with E-state index in [9.17, 15) is 9.18 Å². The van der Waals surface area contributed by atoms with E-state index in [1.807, 2.05) is 13.8 Å². The number of anilines is 1. The highest BCUT2D eigenvalue weighted by molar-refractivity contribution is 6.36. The van der Waals surface area contributed by atoms with E-state index in [0.717, 1.165) is 6.07 Å². The highest BCUT2D eigenvalue weighted by Crippen LogP contribution is 2.37. The Kier molecular flexibility index (Phi) is 7.68. The molecule has 2 aromatic carbocycles. The number of piperazine rings is 1. The van der Waals surface area contributed by atoms with Gasteiger partial charge < -0.3 is 20.7 Å². The highest BCUT2D eigenvalue weighted by atomic mass is 35.5. The van der Waals surface area contributed by atoms with Crippen LogP contribution in [-0.2, 0) is 0 Å². The summed E-state index contributed by atoms with van der Waals surface area (Å²) in [6.07, 6.45) is 0.642. The van der Waals surface area contributed by atoms with E-state index in [0.29, 0.717) is 18.7 Å². The summed E-state index contributed by atoms with van der Waals surface area (Å²) in [4.78, 5) is 18.8. The number of halogens is 4. The molecule has 1 aliphatic heterocycles. The minimum absolute atomic E-state index is 0.0587. The van der Waals surface area contributed by atoms with Gasteiger partial charge in [-0.1, -0.05) is 29.3 Å². The Bertz CT molecular complexity index is 1300. The van der Waals surface area contributed by atoms with Crippen LogP contribution in [0.15, 0.2) is 42.6 Å². The van der Waals surface area contributed by atoms with Gasteiger partial charge in [0.15, 0.2) is 11.6 Å². The van der Waals surface area contributed by atoms with Gasteiger partial charge in [0, 0.05) is 58.6 Å². The predicted octanol–water partition coefficient (Wildman–Crippen LogP) is 5.88. The maximum atomic E-state index is 15.2. The molecule has 3 aromatic rings. The molecule has 2 heterocycles. The number of pyridine rings is 1. The van der Waals surface area contributed by atoms with Crippen molar-refractivity contribution < 1.29 is 18.3 Å². The molecule has 3 atom stereocenters. The van der Waals surface area contributed by atoms with Crippen molar-refractivity contribution in [2.75, 3.05) is 18.8 Å². The van der Waals surface area contributed by atoms with Gasteiger partial charge in [0.2, 0.25) is 0 Å². The van der Waals surface area contributed by atoms with Gasteiger partial charge in [0.25, 0.3) is 5.91 Å². The number of rotatable bonds is 5. The Balaban J connectivity index is 1.59. The number of amides is 1. The van der Waals surface area contributed by atoms with Crippen LogP contribution in [0.4, 0.5) is 14.6 Å². The van der Waals surface area contributed by atoms with Crippen LogP contribution in [0.25, 0.3) is 11.1 Å². The number of carbonyl (C=O) groups is 1. The van der Waals surface area contributed by atoms with Gasteiger partial charge in [0.1, 0.15) is 17.7 Å². The van der Waals surface area contributed by atoms with Crippen LogP contribution in [0.3, 0.4) is 0 Å². The number of benzene rings is 2. The van der Waals surface area contributed by atoms with Crippen molar-refractivity contribution in [3.8, 4) is 16.9 Å². The average molecular weight is 535 g/mol. The predicted molar refractivity (Wildman–Crippen MR) is 137 cm³/mol. The van der Waals surface area contributed by atoms with E-state index in [-0.39, 0.29) is 56.3 Å². The van der Waals surface area contributed by atoms with E-state index in [1.54, 1.807) is 17.9 Å². The molecule has 10 heteroatoms. The van der Waals surface area contributed by atoms with Gasteiger partial charge in [-0.25, -0.2) is 13.8 Å². The number of nitrogens with zero attached hydrogens (tertiary/aromatic N) is 2. The van der Waals surface area contributed by atoms with Gasteiger partial charge in [-0.15, -0.1) is 0 Å². The third-order valence-electron chi connectivity index (χ3n) is 6.04. The molecule has 6 nitrogen and oxygen atoms in total. The maximum Gasteiger partial charge on any atom is 0.254 e. The molecular weight excluding hydrogens is 509 g/mol. The lowest BCUT2D eigenvalue weighted by Crippen LogP contribution is -2.55. The lowest BCUT2D eigenvalue weighted by atomic mass is 10.0. The number of ether oxygens (including phenoxy) is 1. The zero-order chi connectivity index (χ0) is 26.1. The second-order valence-corrected chi connectivity index (χ2v) is 9.78. The first-order valence-corrected chi connectivity index (χ1v) is 12.2. The number of hydrogen-bond donors (Lipinski definition) is 2. The Labute approximate surface area is 218 Å². The van der Waals surface area contributed by atoms with Crippen LogP contribution in [0.5, 0.6) is 5.75 Å². The summed E-state index contributed by atoms with van der Waals surface area (Å²) in [6, 6.07) is 8.72. The minimum Gasteiger partial charge on any atom is -0.482 e. The molecule has 0 bridgehead atoms. The first-order valence-electron chi connectivity index (χ1n) is 11.5. The number of carbonyl (C=O) groups excluding carboxylic acids is 1. The maximum absolute atomic E-state index is 15.2. The number of aromatic nitrogens is 1. The van der Waals surface area contributed by atoms with Crippen molar-refractivity contribution in [1.29, 1.82) is 0 Å². The van der Waals surface area contributed by atoms with E-state index >= 15 is 4.39 Å². The minimum atomic E-state index is -0.770. The first kappa shape index (κ1) is 26.1. The van der Waals surface area contributed by atoms with Gasteiger partial charge in [0.05, 0.1) is 5.02 Å². The third-order valence-corrected chi connectivity index (χ3v) is 6.76. The summed E-state index contributed by atoms with van der Waals surface area (Å²) in [5.74, 6) is -1.23. The first-order chi connectivity index (χ1) is 17.0. The lowest BCUT2D eigenvalue weighted by Gasteiger charge is -2.36. The smallest absolute Gasteiger partial charge is 0.254 e. The average Bonchev–Trinajstić information content (AvgIpc) is 2.82. The van der Waals surface area contributed by atoms with Crippen LogP contribution >= 0.6 is 23.2 Å². The van der Waals surface area contributed by atoms with Crippen LogP contribution in [0.1, 0.15) is 42.8 Å². The fourth-order valence-electron chi connectivity index (χ4n) is 4.42. The largest absolute Gasteiger partial charge is 0.482 e. The lowest BCUT2D eigenvalue weighted by molar-refractivity contribution is 0.0673. The molecular formula is C26H26Cl2F2N4O2. The van der Waals surface area contributed by atoms with Crippen molar-refractivity contribution in [3.05, 3.63) is 75.4 Å². The Morgan fingerprint density at radius 3 is 2.50 bits per heavy atom. The van der Waals surface area contributed by atoms with Gasteiger partial charge in [-0.3, -0.25) is 4.79 Å². The third kappa shape index (κ3) is 5.40. The summed E-state index contributed by atoms with van der Waals surface area (Å²) in [6.45, 7) is 6.74. The topological polar surface area (TPSA) is 80.5 Å². The van der Waals surface area contributed by atoms with E-state index in [2.05, 4.69) is 10.3 Å². The molecule has 3 N–H and O–H groups in total. The number of nitrogens with two attached hydrogens (primary N) is 1. The summed E-state index contributed by atoms with van der Waals surface area (Å²) in [5, 5.41) is 3.45. The number of nitrogens with one attached hydrogen (secondary N) is 1. The van der Waals surface area contributed by atoms with Gasteiger partial charge >= 0.3 is 0 Å². The molecule has 1 saturated heterocycles. The number of hydrogen-bond acceptors (Lipinski definition) is 5. The zero-order valence-corrected chi connectivity index (χ0v) is 21.5. The van der Waals surface area contributed by atoms with E-state index < -0.39 is 17.7 Å². The van der Waals surface area contributed by atoms with Crippen molar-refractivity contribution in [3.63, 3.8) is 0 Å². The fourth-order valence-corrected chi connectivity index (χ4v) is 5.10. The zero-order valence-electron chi connectivity index (χ0n) is 20.0. The Morgan fingerprint density at radius 2 is 1.83 bits per heavy atom. The molecule has 1 unspecified atom stereocenters. The molecule has 1 aromatic heterocycles. The van der Waals surface area contributed by atoms with Gasteiger partial charge in [-0.2, -0.15) is 0 Å². The van der Waals surface area contributed by atoms with Gasteiger partial charge in [-0.05, 0) is 51.1 Å². The molecule has 0 spiro atoms. The molecule has 0 radical (unpaired) electrons. The van der Waals surface area contributed by atoms with Crippen LogP contribution < -0.4 is 15.8 Å². The highest BCUT2D eigenvalue weighted by Gasteiger charge is 2.26. The van der Waals surface area contributed by atoms with Crippen molar-refractivity contribution in [2.24, 2.45) is 0 Å². The summed E-state index contributed by atoms with van der Waals surface area (Å²) >= 11 is 12.3. The van der Waals surface area contributed by atoms with Crippen molar-refractivity contribution >= 4 is 34.9 Å².